The van der Waals surface area contributed by atoms with Gasteiger partial charge in [-0.15, -0.1) is 11.8 Å². The lowest BCUT2D eigenvalue weighted by Crippen LogP contribution is -2.33. The molecule has 0 aliphatic heterocycles. The molecule has 3 nitrogen and oxygen atoms in total. The predicted molar refractivity (Wildman–Crippen MR) is 115 cm³/mol. The molecule has 1 atom stereocenters. The average molecular weight is 431 g/mol. The molecular weight excluding hydrogens is 410 g/mol. The number of benzene rings is 2. The number of carbonyl (C=O) groups excluding carboxylic acids is 1. The number of thioether (sulfide) groups is 1. The number of thiazole rings is 1. The summed E-state index contributed by atoms with van der Waals surface area (Å²) in [5, 5.41) is 0.704. The van der Waals surface area contributed by atoms with E-state index in [9.17, 15) is 13.6 Å². The van der Waals surface area contributed by atoms with Gasteiger partial charge < -0.3 is 0 Å². The Morgan fingerprint density at radius 2 is 1.93 bits per heavy atom. The van der Waals surface area contributed by atoms with Crippen molar-refractivity contribution in [1.82, 2.24) is 4.98 Å². The van der Waals surface area contributed by atoms with Crippen molar-refractivity contribution >= 4 is 34.1 Å². The molecular formula is C22H20F2N2OS2. The highest BCUT2D eigenvalue weighted by molar-refractivity contribution is 8.00. The Kier molecular flexibility index (Phi) is 5.44. The molecule has 2 aromatic carbocycles. The second kappa shape index (κ2) is 7.88. The summed E-state index contributed by atoms with van der Waals surface area (Å²) < 4.78 is 28.8. The van der Waals surface area contributed by atoms with Crippen molar-refractivity contribution in [3.63, 3.8) is 0 Å². The quantitative estimate of drug-likeness (QED) is 0.513. The van der Waals surface area contributed by atoms with Crippen molar-refractivity contribution in [3.05, 3.63) is 64.9 Å². The van der Waals surface area contributed by atoms with Gasteiger partial charge in [-0.3, -0.25) is 9.69 Å². The number of nitrogens with zero attached hydrogens (tertiary/aromatic N) is 2. The third kappa shape index (κ3) is 3.81. The largest absolute Gasteiger partial charge is 0.291 e. The molecule has 1 aliphatic rings. The van der Waals surface area contributed by atoms with Crippen molar-refractivity contribution in [2.75, 3.05) is 18.2 Å². The third-order valence-corrected chi connectivity index (χ3v) is 7.72. The van der Waals surface area contributed by atoms with Crippen LogP contribution in [0.5, 0.6) is 0 Å². The molecule has 0 radical (unpaired) electrons. The smallest absolute Gasteiger partial charge is 0.232 e. The van der Waals surface area contributed by atoms with Crippen LogP contribution in [-0.4, -0.2) is 24.2 Å². The van der Waals surface area contributed by atoms with Crippen molar-refractivity contribution in [3.8, 4) is 11.1 Å². The summed E-state index contributed by atoms with van der Waals surface area (Å²) in [6.07, 6.45) is 3.23. The molecule has 1 amide bonds. The molecule has 4 rings (SSSR count). The van der Waals surface area contributed by atoms with Gasteiger partial charge in [-0.1, -0.05) is 29.5 Å². The summed E-state index contributed by atoms with van der Waals surface area (Å²) >= 11 is 3.15. The second-order valence-electron chi connectivity index (χ2n) is 7.18. The lowest BCUT2D eigenvalue weighted by molar-refractivity contribution is -0.121. The van der Waals surface area contributed by atoms with E-state index in [0.29, 0.717) is 23.5 Å². The zero-order valence-corrected chi connectivity index (χ0v) is 18.0. The molecule has 0 fully saturated rings. The van der Waals surface area contributed by atoms with Crippen LogP contribution in [0, 0.1) is 24.5 Å². The lowest BCUT2D eigenvalue weighted by atomic mass is 10.00. The molecule has 1 aromatic heterocycles. The number of hydrogen-bond acceptors (Lipinski definition) is 4. The van der Waals surface area contributed by atoms with Crippen molar-refractivity contribution < 1.29 is 13.6 Å². The minimum absolute atomic E-state index is 0.0288. The Morgan fingerprint density at radius 3 is 2.66 bits per heavy atom. The van der Waals surface area contributed by atoms with Gasteiger partial charge in [0.05, 0.1) is 9.90 Å². The first-order chi connectivity index (χ1) is 13.9. The number of halogens is 2. The summed E-state index contributed by atoms with van der Waals surface area (Å²) in [5.41, 5.74) is 3.90. The monoisotopic (exact) mass is 430 g/mol. The van der Waals surface area contributed by atoms with E-state index in [0.717, 1.165) is 33.2 Å². The van der Waals surface area contributed by atoms with Crippen LogP contribution in [0.4, 0.5) is 13.9 Å². The highest BCUT2D eigenvalue weighted by Gasteiger charge is 2.31. The molecule has 1 heterocycles. The van der Waals surface area contributed by atoms with Gasteiger partial charge in [-0.2, -0.15) is 0 Å². The van der Waals surface area contributed by atoms with Gasteiger partial charge in [-0.25, -0.2) is 13.8 Å². The van der Waals surface area contributed by atoms with E-state index in [2.05, 4.69) is 4.98 Å². The maximum atomic E-state index is 14.1. The number of aryl methyl sites for hydroxylation is 1. The molecule has 0 bridgehead atoms. The summed E-state index contributed by atoms with van der Waals surface area (Å²) in [4.78, 5) is 19.2. The molecule has 29 heavy (non-hydrogen) atoms. The van der Waals surface area contributed by atoms with E-state index in [1.807, 2.05) is 25.3 Å². The van der Waals surface area contributed by atoms with Gasteiger partial charge in [0.1, 0.15) is 11.6 Å². The van der Waals surface area contributed by atoms with Crippen LogP contribution >= 0.6 is 23.1 Å². The van der Waals surface area contributed by atoms with Crippen molar-refractivity contribution in [1.29, 1.82) is 0 Å². The van der Waals surface area contributed by atoms with Gasteiger partial charge in [0.25, 0.3) is 0 Å². The topological polar surface area (TPSA) is 33.2 Å². The maximum Gasteiger partial charge on any atom is 0.232 e. The van der Waals surface area contributed by atoms with E-state index in [-0.39, 0.29) is 17.4 Å². The molecule has 0 saturated carbocycles. The van der Waals surface area contributed by atoms with Gasteiger partial charge in [0.2, 0.25) is 5.91 Å². The third-order valence-electron chi connectivity index (χ3n) is 5.27. The fourth-order valence-electron chi connectivity index (χ4n) is 3.75. The Hall–Kier alpha value is -2.25. The predicted octanol–water partition coefficient (Wildman–Crippen LogP) is 5.50. The van der Waals surface area contributed by atoms with E-state index < -0.39 is 11.6 Å². The molecule has 3 aromatic rings. The zero-order chi connectivity index (χ0) is 20.7. The van der Waals surface area contributed by atoms with Crippen molar-refractivity contribution in [2.24, 2.45) is 5.92 Å². The Labute approximate surface area is 176 Å². The average Bonchev–Trinajstić information content (AvgIpc) is 3.31. The summed E-state index contributed by atoms with van der Waals surface area (Å²) in [6, 6.07) is 9.04. The molecule has 7 heteroatoms. The normalized spacial score (nSPS) is 15.4. The van der Waals surface area contributed by atoms with Crippen LogP contribution in [0.3, 0.4) is 0 Å². The Morgan fingerprint density at radius 1 is 1.17 bits per heavy atom. The van der Waals surface area contributed by atoms with E-state index >= 15 is 0 Å². The minimum atomic E-state index is -0.472. The second-order valence-corrected chi connectivity index (χ2v) is 9.24. The summed E-state index contributed by atoms with van der Waals surface area (Å²) in [6.45, 7) is 1.95. The first-order valence-electron chi connectivity index (χ1n) is 9.23. The lowest BCUT2D eigenvalue weighted by Gasteiger charge is -2.18. The summed E-state index contributed by atoms with van der Waals surface area (Å²) in [5.74, 6) is -1.08. The number of amides is 1. The Bertz CT molecular complexity index is 1100. The molecule has 0 spiro atoms. The number of hydrogen-bond donors (Lipinski definition) is 0. The van der Waals surface area contributed by atoms with Crippen LogP contribution in [0.1, 0.15) is 16.8 Å². The fourth-order valence-corrected chi connectivity index (χ4v) is 5.42. The van der Waals surface area contributed by atoms with E-state index in [1.165, 1.54) is 17.4 Å². The number of rotatable bonds is 4. The number of fused-ring (bicyclic) bond motifs is 1. The standard InChI is InChI=1S/C22H20F2N2OS2/c1-12-21(28-3)29-22(25-12)26(2)20(27)16-8-13-4-5-14(9-15(13)10-16)18-11-17(23)6-7-19(18)24/h4-7,9,11,16H,8,10H2,1-3H3. The minimum Gasteiger partial charge on any atom is -0.291 e. The molecule has 1 unspecified atom stereocenters. The highest BCUT2D eigenvalue weighted by Crippen LogP contribution is 2.36. The summed E-state index contributed by atoms with van der Waals surface area (Å²) in [7, 11) is 1.77. The molecule has 0 saturated heterocycles. The number of aromatic nitrogens is 1. The van der Waals surface area contributed by atoms with Gasteiger partial charge >= 0.3 is 0 Å². The fraction of sp³-hybridized carbons (Fsp3) is 0.273. The first-order valence-corrected chi connectivity index (χ1v) is 11.3. The van der Waals surface area contributed by atoms with Gasteiger partial charge in [0.15, 0.2) is 5.13 Å². The Balaban J connectivity index is 1.55. The number of anilines is 1. The van der Waals surface area contributed by atoms with E-state index in [1.54, 1.807) is 29.8 Å². The zero-order valence-electron chi connectivity index (χ0n) is 16.3. The molecule has 150 valence electrons. The van der Waals surface area contributed by atoms with Crippen LogP contribution in [0.2, 0.25) is 0 Å². The van der Waals surface area contributed by atoms with Crippen LogP contribution in [0.25, 0.3) is 11.1 Å². The number of carbonyl (C=O) groups is 1. The molecule has 1 aliphatic carbocycles. The highest BCUT2D eigenvalue weighted by atomic mass is 32.2. The van der Waals surface area contributed by atoms with E-state index in [4.69, 9.17) is 0 Å². The molecule has 0 N–H and O–H groups in total. The van der Waals surface area contributed by atoms with Crippen LogP contribution in [0.15, 0.2) is 40.6 Å². The SMILES string of the molecule is CSc1sc(N(C)C(=O)C2Cc3ccc(-c4cc(F)ccc4F)cc3C2)nc1C. The van der Waals surface area contributed by atoms with Crippen molar-refractivity contribution in [2.45, 2.75) is 24.0 Å². The van der Waals surface area contributed by atoms with Crippen LogP contribution in [-0.2, 0) is 17.6 Å². The first kappa shape index (κ1) is 20.0. The maximum absolute atomic E-state index is 14.1. The van der Waals surface area contributed by atoms with Crippen LogP contribution < -0.4 is 4.90 Å². The van der Waals surface area contributed by atoms with Gasteiger partial charge in [0, 0.05) is 18.5 Å². The van der Waals surface area contributed by atoms with Gasteiger partial charge in [-0.05, 0) is 60.9 Å².